The molecule has 124 valence electrons. The number of halogens is 1. The number of rotatable bonds is 6. The fourth-order valence-electron chi connectivity index (χ4n) is 2.83. The van der Waals surface area contributed by atoms with Gasteiger partial charge in [0.05, 0.1) is 5.69 Å². The molecule has 1 aromatic carbocycles. The van der Waals surface area contributed by atoms with Crippen LogP contribution in [0.25, 0.3) is 0 Å². The standard InChI is InChI=1S/C17H21ClN2O3/c1-3-12-6-5-7-13(4-2)17(12)20(16(23)10-18)11-19-14(21)8-9-15(19)22/h5-7H,3-4,8-11H2,1-2H3. The first-order chi connectivity index (χ1) is 11.0. The Labute approximate surface area is 141 Å². The molecule has 6 heteroatoms. The summed E-state index contributed by atoms with van der Waals surface area (Å²) in [7, 11) is 0. The molecule has 3 amide bonds. The fraction of sp³-hybridized carbons (Fsp3) is 0.471. The van der Waals surface area contributed by atoms with Gasteiger partial charge in [-0.3, -0.25) is 24.2 Å². The van der Waals surface area contributed by atoms with E-state index in [9.17, 15) is 14.4 Å². The van der Waals surface area contributed by atoms with E-state index in [4.69, 9.17) is 11.6 Å². The SMILES string of the molecule is CCc1cccc(CC)c1N(CN1C(=O)CCC1=O)C(=O)CCl. The topological polar surface area (TPSA) is 57.7 Å². The molecule has 0 radical (unpaired) electrons. The number of para-hydroxylation sites is 1. The fourth-order valence-corrected chi connectivity index (χ4v) is 2.97. The van der Waals surface area contributed by atoms with Crippen LogP contribution in [0.1, 0.15) is 37.8 Å². The molecule has 5 nitrogen and oxygen atoms in total. The van der Waals surface area contributed by atoms with Crippen LogP contribution >= 0.6 is 11.6 Å². The van der Waals surface area contributed by atoms with Crippen molar-refractivity contribution in [3.8, 4) is 0 Å². The van der Waals surface area contributed by atoms with Gasteiger partial charge in [0.15, 0.2) is 0 Å². The molecule has 0 N–H and O–H groups in total. The van der Waals surface area contributed by atoms with E-state index in [-0.39, 0.29) is 43.1 Å². The van der Waals surface area contributed by atoms with Crippen LogP contribution in [0.4, 0.5) is 5.69 Å². The summed E-state index contributed by atoms with van der Waals surface area (Å²) in [6.07, 6.45) is 1.91. The number of nitrogens with zero attached hydrogens (tertiary/aromatic N) is 2. The number of likely N-dealkylation sites (tertiary alicyclic amines) is 1. The molecule has 1 fully saturated rings. The van der Waals surface area contributed by atoms with E-state index in [0.29, 0.717) is 0 Å². The quantitative estimate of drug-likeness (QED) is 0.592. The van der Waals surface area contributed by atoms with Crippen LogP contribution in [0.5, 0.6) is 0 Å². The van der Waals surface area contributed by atoms with Gasteiger partial charge in [-0.1, -0.05) is 32.0 Å². The predicted octanol–water partition coefficient (Wildman–Crippen LogP) is 2.49. The van der Waals surface area contributed by atoms with E-state index in [1.165, 1.54) is 4.90 Å². The number of aryl methyl sites for hydroxylation is 2. The summed E-state index contributed by atoms with van der Waals surface area (Å²) in [5, 5.41) is 0. The molecular weight excluding hydrogens is 316 g/mol. The molecule has 23 heavy (non-hydrogen) atoms. The zero-order valence-corrected chi connectivity index (χ0v) is 14.2. The molecule has 1 aliphatic rings. The summed E-state index contributed by atoms with van der Waals surface area (Å²) in [6.45, 7) is 3.95. The van der Waals surface area contributed by atoms with E-state index in [1.807, 2.05) is 32.0 Å². The highest BCUT2D eigenvalue weighted by Crippen LogP contribution is 2.28. The second-order valence-electron chi connectivity index (χ2n) is 5.44. The highest BCUT2D eigenvalue weighted by molar-refractivity contribution is 6.29. The minimum absolute atomic E-state index is 0.0623. The smallest absolute Gasteiger partial charge is 0.243 e. The van der Waals surface area contributed by atoms with Crippen molar-refractivity contribution >= 4 is 35.0 Å². The van der Waals surface area contributed by atoms with Crippen molar-refractivity contribution in [2.24, 2.45) is 0 Å². The second-order valence-corrected chi connectivity index (χ2v) is 5.71. The van der Waals surface area contributed by atoms with Gasteiger partial charge < -0.3 is 0 Å². The highest BCUT2D eigenvalue weighted by Gasteiger charge is 2.32. The van der Waals surface area contributed by atoms with Gasteiger partial charge in [-0.2, -0.15) is 0 Å². The number of anilines is 1. The van der Waals surface area contributed by atoms with Crippen LogP contribution in [0.2, 0.25) is 0 Å². The maximum atomic E-state index is 12.4. The monoisotopic (exact) mass is 336 g/mol. The summed E-state index contributed by atoms with van der Waals surface area (Å²) in [5.41, 5.74) is 2.78. The minimum atomic E-state index is -0.310. The minimum Gasteiger partial charge on any atom is -0.292 e. The third kappa shape index (κ3) is 3.55. The number of carbonyl (C=O) groups is 3. The van der Waals surface area contributed by atoms with Gasteiger partial charge in [-0.15, -0.1) is 11.6 Å². The molecule has 0 spiro atoms. The van der Waals surface area contributed by atoms with Gasteiger partial charge in [0.1, 0.15) is 12.5 Å². The summed E-state index contributed by atoms with van der Waals surface area (Å²) in [4.78, 5) is 38.8. The van der Waals surface area contributed by atoms with Crippen molar-refractivity contribution in [2.45, 2.75) is 39.5 Å². The lowest BCUT2D eigenvalue weighted by atomic mass is 10.0. The summed E-state index contributed by atoms with van der Waals surface area (Å²) < 4.78 is 0. The van der Waals surface area contributed by atoms with Gasteiger partial charge in [-0.05, 0) is 24.0 Å². The van der Waals surface area contributed by atoms with Crippen LogP contribution < -0.4 is 4.90 Å². The van der Waals surface area contributed by atoms with E-state index in [2.05, 4.69) is 0 Å². The average Bonchev–Trinajstić information content (AvgIpc) is 2.89. The summed E-state index contributed by atoms with van der Waals surface area (Å²) in [5.74, 6) is -0.990. The molecule has 0 aromatic heterocycles. The van der Waals surface area contributed by atoms with Crippen molar-refractivity contribution in [2.75, 3.05) is 17.4 Å². The lowest BCUT2D eigenvalue weighted by Gasteiger charge is -2.30. The van der Waals surface area contributed by atoms with Crippen LogP contribution in [0.15, 0.2) is 18.2 Å². The van der Waals surface area contributed by atoms with Crippen LogP contribution in [0, 0.1) is 0 Å². The highest BCUT2D eigenvalue weighted by atomic mass is 35.5. The van der Waals surface area contributed by atoms with Crippen LogP contribution in [-0.4, -0.2) is 35.2 Å². The zero-order valence-electron chi connectivity index (χ0n) is 13.5. The zero-order chi connectivity index (χ0) is 17.0. The molecule has 1 aliphatic heterocycles. The lowest BCUT2D eigenvalue weighted by molar-refractivity contribution is -0.138. The third-order valence-corrected chi connectivity index (χ3v) is 4.32. The van der Waals surface area contributed by atoms with Crippen molar-refractivity contribution in [3.05, 3.63) is 29.3 Å². The molecule has 0 unspecified atom stereocenters. The Balaban J connectivity index is 2.45. The average molecular weight is 337 g/mol. The lowest BCUT2D eigenvalue weighted by Crippen LogP contribution is -2.45. The van der Waals surface area contributed by atoms with E-state index >= 15 is 0 Å². The maximum Gasteiger partial charge on any atom is 0.243 e. The number of carbonyl (C=O) groups excluding carboxylic acids is 3. The Bertz CT molecular complexity index is 592. The summed E-state index contributed by atoms with van der Waals surface area (Å²) in [6, 6.07) is 5.87. The predicted molar refractivity (Wildman–Crippen MR) is 89.4 cm³/mol. The number of imide groups is 1. The van der Waals surface area contributed by atoms with Gasteiger partial charge in [0.2, 0.25) is 17.7 Å². The Morgan fingerprint density at radius 2 is 1.65 bits per heavy atom. The third-order valence-electron chi connectivity index (χ3n) is 4.09. The first kappa shape index (κ1) is 17.5. The van der Waals surface area contributed by atoms with Gasteiger partial charge in [0, 0.05) is 12.8 Å². The molecule has 1 saturated heterocycles. The molecule has 0 bridgehead atoms. The first-order valence-electron chi connectivity index (χ1n) is 7.83. The first-order valence-corrected chi connectivity index (χ1v) is 8.37. The molecular formula is C17H21ClN2O3. The largest absolute Gasteiger partial charge is 0.292 e. The van der Waals surface area contributed by atoms with Crippen LogP contribution in [-0.2, 0) is 27.2 Å². The Morgan fingerprint density at radius 1 is 1.13 bits per heavy atom. The van der Waals surface area contributed by atoms with E-state index in [0.717, 1.165) is 34.6 Å². The maximum absolute atomic E-state index is 12.4. The Kier molecular flexibility index (Phi) is 5.77. The molecule has 2 rings (SSSR count). The molecule has 1 heterocycles. The summed E-state index contributed by atoms with van der Waals surface area (Å²) >= 11 is 5.77. The Hall–Kier alpha value is -1.88. The Morgan fingerprint density at radius 3 is 2.09 bits per heavy atom. The normalized spacial score (nSPS) is 14.5. The van der Waals surface area contributed by atoms with E-state index < -0.39 is 0 Å². The van der Waals surface area contributed by atoms with Crippen molar-refractivity contribution in [3.63, 3.8) is 0 Å². The van der Waals surface area contributed by atoms with Crippen molar-refractivity contribution < 1.29 is 14.4 Å². The number of hydrogen-bond acceptors (Lipinski definition) is 3. The van der Waals surface area contributed by atoms with E-state index in [1.54, 1.807) is 0 Å². The van der Waals surface area contributed by atoms with Crippen molar-refractivity contribution in [1.29, 1.82) is 0 Å². The van der Waals surface area contributed by atoms with Crippen molar-refractivity contribution in [1.82, 2.24) is 4.90 Å². The number of benzene rings is 1. The number of hydrogen-bond donors (Lipinski definition) is 0. The molecule has 0 saturated carbocycles. The van der Waals surface area contributed by atoms with Gasteiger partial charge >= 0.3 is 0 Å². The second kappa shape index (κ2) is 7.59. The van der Waals surface area contributed by atoms with Gasteiger partial charge in [-0.25, -0.2) is 0 Å². The number of alkyl halides is 1. The molecule has 0 aliphatic carbocycles. The van der Waals surface area contributed by atoms with Crippen LogP contribution in [0.3, 0.4) is 0 Å². The molecule has 0 atom stereocenters. The molecule has 1 aromatic rings. The van der Waals surface area contributed by atoms with Gasteiger partial charge in [0.25, 0.3) is 0 Å². The number of amides is 3.